The SMILES string of the molecule is O=C(C[NH+]1CCN(C(=S)NCc2ccc3c(c2)OCO3)CC1)NC1CC1. The highest BCUT2D eigenvalue weighted by Gasteiger charge is 2.27. The number of ether oxygens (including phenoxy) is 2. The standard InChI is InChI=1S/C18H24N4O3S/c23-17(20-14-2-3-14)11-21-5-7-22(8-6-21)18(26)19-10-13-1-4-15-16(9-13)25-12-24-15/h1,4,9,14H,2-3,5-8,10-12H2,(H,19,26)(H,20,23)/p+1. The third-order valence-electron chi connectivity index (χ3n) is 4.99. The van der Waals surface area contributed by atoms with E-state index in [4.69, 9.17) is 21.7 Å². The molecule has 7 nitrogen and oxygen atoms in total. The van der Waals surface area contributed by atoms with Crippen LogP contribution in [0, 0.1) is 0 Å². The Morgan fingerprint density at radius 3 is 2.77 bits per heavy atom. The molecule has 3 aliphatic rings. The monoisotopic (exact) mass is 377 g/mol. The molecule has 0 radical (unpaired) electrons. The summed E-state index contributed by atoms with van der Waals surface area (Å²) >= 11 is 5.53. The van der Waals surface area contributed by atoms with Crippen molar-refractivity contribution in [2.45, 2.75) is 25.4 Å². The Morgan fingerprint density at radius 1 is 1.23 bits per heavy atom. The lowest BCUT2D eigenvalue weighted by Crippen LogP contribution is -3.16. The van der Waals surface area contributed by atoms with Crippen molar-refractivity contribution in [3.05, 3.63) is 23.8 Å². The molecule has 2 aliphatic heterocycles. The van der Waals surface area contributed by atoms with E-state index >= 15 is 0 Å². The molecule has 1 aromatic rings. The van der Waals surface area contributed by atoms with Crippen LogP contribution in [0.5, 0.6) is 11.5 Å². The number of rotatable bonds is 5. The van der Waals surface area contributed by atoms with E-state index in [1.807, 2.05) is 18.2 Å². The van der Waals surface area contributed by atoms with Gasteiger partial charge in [-0.2, -0.15) is 0 Å². The molecule has 26 heavy (non-hydrogen) atoms. The maximum atomic E-state index is 11.9. The van der Waals surface area contributed by atoms with Crippen LogP contribution in [0.3, 0.4) is 0 Å². The molecule has 2 heterocycles. The number of thiocarbonyl (C=S) groups is 1. The summed E-state index contributed by atoms with van der Waals surface area (Å²) in [5.41, 5.74) is 1.11. The van der Waals surface area contributed by atoms with Crippen molar-refractivity contribution < 1.29 is 19.2 Å². The highest BCUT2D eigenvalue weighted by atomic mass is 32.1. The first-order valence-electron chi connectivity index (χ1n) is 9.21. The molecular weight excluding hydrogens is 352 g/mol. The fourth-order valence-corrected chi connectivity index (χ4v) is 3.53. The van der Waals surface area contributed by atoms with Crippen LogP contribution in [0.4, 0.5) is 0 Å². The maximum Gasteiger partial charge on any atom is 0.275 e. The topological polar surface area (TPSA) is 67.3 Å². The van der Waals surface area contributed by atoms with Crippen molar-refractivity contribution in [3.63, 3.8) is 0 Å². The van der Waals surface area contributed by atoms with E-state index in [0.29, 0.717) is 19.1 Å². The summed E-state index contributed by atoms with van der Waals surface area (Å²) in [6.45, 7) is 5.13. The minimum Gasteiger partial charge on any atom is -0.454 e. The summed E-state index contributed by atoms with van der Waals surface area (Å²) < 4.78 is 10.7. The number of hydrogen-bond donors (Lipinski definition) is 3. The fraction of sp³-hybridized carbons (Fsp3) is 0.556. The second kappa shape index (κ2) is 7.67. The Kier molecular flexibility index (Phi) is 5.12. The lowest BCUT2D eigenvalue weighted by molar-refractivity contribution is -0.895. The number of nitrogens with zero attached hydrogens (tertiary/aromatic N) is 1. The smallest absolute Gasteiger partial charge is 0.275 e. The van der Waals surface area contributed by atoms with Gasteiger partial charge in [0, 0.05) is 12.6 Å². The van der Waals surface area contributed by atoms with Crippen molar-refractivity contribution in [1.29, 1.82) is 0 Å². The summed E-state index contributed by atoms with van der Waals surface area (Å²) in [4.78, 5) is 15.4. The molecule has 0 atom stereocenters. The van der Waals surface area contributed by atoms with Gasteiger partial charge in [-0.3, -0.25) is 4.79 Å². The van der Waals surface area contributed by atoms with Gasteiger partial charge in [-0.1, -0.05) is 6.07 Å². The predicted molar refractivity (Wildman–Crippen MR) is 100 cm³/mol. The Morgan fingerprint density at radius 2 is 2.00 bits per heavy atom. The van der Waals surface area contributed by atoms with Gasteiger partial charge in [0.15, 0.2) is 23.2 Å². The zero-order chi connectivity index (χ0) is 17.9. The third-order valence-corrected chi connectivity index (χ3v) is 5.39. The van der Waals surface area contributed by atoms with Crippen molar-refractivity contribution in [2.75, 3.05) is 39.5 Å². The van der Waals surface area contributed by atoms with Gasteiger partial charge in [0.05, 0.1) is 26.2 Å². The molecule has 1 aliphatic carbocycles. The van der Waals surface area contributed by atoms with Gasteiger partial charge in [0.2, 0.25) is 6.79 Å². The highest BCUT2D eigenvalue weighted by Crippen LogP contribution is 2.32. The molecule has 0 bridgehead atoms. The van der Waals surface area contributed by atoms with Crippen LogP contribution in [-0.2, 0) is 11.3 Å². The second-order valence-corrected chi connectivity index (χ2v) is 7.49. The molecule has 4 rings (SSSR count). The number of quaternary nitrogens is 1. The van der Waals surface area contributed by atoms with Crippen LogP contribution in [0.1, 0.15) is 18.4 Å². The Labute approximate surface area is 158 Å². The molecule has 1 aromatic carbocycles. The van der Waals surface area contributed by atoms with Gasteiger partial charge in [-0.05, 0) is 42.8 Å². The molecule has 1 amide bonds. The maximum absolute atomic E-state index is 11.9. The van der Waals surface area contributed by atoms with Gasteiger partial charge < -0.3 is 29.9 Å². The summed E-state index contributed by atoms with van der Waals surface area (Å²) in [7, 11) is 0. The first-order valence-corrected chi connectivity index (χ1v) is 9.62. The van der Waals surface area contributed by atoms with E-state index in [9.17, 15) is 4.79 Å². The van der Waals surface area contributed by atoms with Gasteiger partial charge >= 0.3 is 0 Å². The van der Waals surface area contributed by atoms with Gasteiger partial charge in [-0.15, -0.1) is 0 Å². The number of hydrogen-bond acceptors (Lipinski definition) is 4. The van der Waals surface area contributed by atoms with E-state index in [1.165, 1.54) is 4.90 Å². The van der Waals surface area contributed by atoms with Gasteiger partial charge in [0.1, 0.15) is 0 Å². The summed E-state index contributed by atoms with van der Waals surface area (Å²) in [5, 5.41) is 7.15. The van der Waals surface area contributed by atoms with Crippen LogP contribution in [0.25, 0.3) is 0 Å². The number of nitrogens with one attached hydrogen (secondary N) is 3. The number of carbonyl (C=O) groups is 1. The molecule has 0 unspecified atom stereocenters. The van der Waals surface area contributed by atoms with Crippen LogP contribution >= 0.6 is 12.2 Å². The number of amides is 1. The minimum absolute atomic E-state index is 0.180. The van der Waals surface area contributed by atoms with Crippen molar-refractivity contribution in [3.8, 4) is 11.5 Å². The summed E-state index contributed by atoms with van der Waals surface area (Å²) in [5.74, 6) is 1.76. The van der Waals surface area contributed by atoms with Crippen molar-refractivity contribution in [1.82, 2.24) is 15.5 Å². The fourth-order valence-electron chi connectivity index (χ4n) is 3.28. The molecule has 0 aromatic heterocycles. The van der Waals surface area contributed by atoms with E-state index < -0.39 is 0 Å². The van der Waals surface area contributed by atoms with E-state index in [-0.39, 0.29) is 12.7 Å². The van der Waals surface area contributed by atoms with Crippen LogP contribution in [0.15, 0.2) is 18.2 Å². The van der Waals surface area contributed by atoms with E-state index in [2.05, 4.69) is 15.5 Å². The van der Waals surface area contributed by atoms with E-state index in [1.54, 1.807) is 0 Å². The molecule has 1 saturated heterocycles. The number of benzene rings is 1. The Hall–Kier alpha value is -2.06. The number of carbonyl (C=O) groups excluding carboxylic acids is 1. The van der Waals surface area contributed by atoms with Crippen molar-refractivity contribution >= 4 is 23.2 Å². The second-order valence-electron chi connectivity index (χ2n) is 7.10. The summed E-state index contributed by atoms with van der Waals surface area (Å²) in [6.07, 6.45) is 2.27. The number of piperazine rings is 1. The average Bonchev–Trinajstić information content (AvgIpc) is 3.33. The molecule has 1 saturated carbocycles. The normalized spacial score (nSPS) is 19.3. The molecule has 0 spiro atoms. The number of fused-ring (bicyclic) bond motifs is 1. The zero-order valence-electron chi connectivity index (χ0n) is 14.8. The van der Waals surface area contributed by atoms with Crippen molar-refractivity contribution in [2.24, 2.45) is 0 Å². The largest absolute Gasteiger partial charge is 0.454 e. The first kappa shape index (κ1) is 17.4. The van der Waals surface area contributed by atoms with Crippen LogP contribution in [0.2, 0.25) is 0 Å². The lowest BCUT2D eigenvalue weighted by Gasteiger charge is -2.33. The lowest BCUT2D eigenvalue weighted by atomic mass is 10.2. The molecule has 140 valence electrons. The Balaban J connectivity index is 1.19. The predicted octanol–water partition coefficient (Wildman–Crippen LogP) is -0.731. The van der Waals surface area contributed by atoms with Crippen LogP contribution < -0.4 is 25.0 Å². The van der Waals surface area contributed by atoms with Gasteiger partial charge in [-0.25, -0.2) is 0 Å². The molecular formula is C18H25N4O3S+. The Bertz CT molecular complexity index is 687. The molecule has 3 N–H and O–H groups in total. The third kappa shape index (κ3) is 4.37. The zero-order valence-corrected chi connectivity index (χ0v) is 15.6. The first-order chi connectivity index (χ1) is 12.7. The highest BCUT2D eigenvalue weighted by molar-refractivity contribution is 7.80. The summed E-state index contributed by atoms with van der Waals surface area (Å²) in [6, 6.07) is 6.37. The van der Waals surface area contributed by atoms with E-state index in [0.717, 1.165) is 61.2 Å². The van der Waals surface area contributed by atoms with Crippen LogP contribution in [-0.4, -0.2) is 61.5 Å². The molecule has 8 heteroatoms. The molecule has 2 fully saturated rings. The average molecular weight is 377 g/mol. The van der Waals surface area contributed by atoms with Gasteiger partial charge in [0.25, 0.3) is 5.91 Å². The minimum atomic E-state index is 0.180. The quantitative estimate of drug-likeness (QED) is 0.588.